The van der Waals surface area contributed by atoms with E-state index in [0.29, 0.717) is 11.6 Å². The van der Waals surface area contributed by atoms with Gasteiger partial charge in [-0.2, -0.15) is 0 Å². The lowest BCUT2D eigenvalue weighted by Crippen LogP contribution is -2.54. The Hall–Kier alpha value is -2.93. The first-order chi connectivity index (χ1) is 14.6. The summed E-state index contributed by atoms with van der Waals surface area (Å²) >= 11 is 3.35. The topological polar surface area (TPSA) is 69.7 Å². The molecule has 1 saturated heterocycles. The third-order valence-electron chi connectivity index (χ3n) is 6.14. The van der Waals surface area contributed by atoms with Gasteiger partial charge in [0.05, 0.1) is 5.69 Å². The van der Waals surface area contributed by atoms with Crippen LogP contribution in [0.15, 0.2) is 52.5 Å². The van der Waals surface area contributed by atoms with E-state index in [1.807, 2.05) is 18.2 Å². The Morgan fingerprint density at radius 1 is 1.13 bits per heavy atom. The molecule has 7 heteroatoms. The van der Waals surface area contributed by atoms with Crippen molar-refractivity contribution >= 4 is 51.2 Å². The van der Waals surface area contributed by atoms with Crippen molar-refractivity contribution in [2.75, 3.05) is 16.8 Å². The normalized spacial score (nSPS) is 21.9. The molecule has 2 aromatic rings. The minimum Gasteiger partial charge on any atom is -0.369 e. The van der Waals surface area contributed by atoms with Crippen LogP contribution in [0.2, 0.25) is 0 Å². The number of fused-ring (bicyclic) bond motifs is 1. The lowest BCUT2D eigenvalue weighted by Gasteiger charge is -2.45. The Balaban J connectivity index is 1.73. The Morgan fingerprint density at radius 3 is 2.58 bits per heavy atom. The van der Waals surface area contributed by atoms with E-state index in [9.17, 15) is 14.4 Å². The van der Waals surface area contributed by atoms with Crippen LogP contribution in [-0.2, 0) is 9.59 Å². The molecule has 0 bridgehead atoms. The van der Waals surface area contributed by atoms with Gasteiger partial charge in [-0.25, -0.2) is 9.69 Å². The monoisotopic (exact) mass is 481 g/mol. The molecule has 4 rings (SSSR count). The molecule has 0 radical (unpaired) electrons. The van der Waals surface area contributed by atoms with Gasteiger partial charge in [0.1, 0.15) is 5.57 Å². The Labute approximate surface area is 190 Å². The second-order valence-corrected chi connectivity index (χ2v) is 9.65. The minimum atomic E-state index is -0.756. The zero-order valence-electron chi connectivity index (χ0n) is 17.9. The van der Waals surface area contributed by atoms with E-state index in [1.165, 1.54) is 5.56 Å². The molecule has 2 aliphatic rings. The summed E-state index contributed by atoms with van der Waals surface area (Å²) in [6, 6.07) is 12.0. The van der Waals surface area contributed by atoms with Gasteiger partial charge >= 0.3 is 6.03 Å². The highest BCUT2D eigenvalue weighted by Gasteiger charge is 2.37. The third-order valence-corrected chi connectivity index (χ3v) is 6.63. The molecule has 0 aromatic heterocycles. The largest absolute Gasteiger partial charge is 0.369 e. The molecular formula is C24H24BrN3O3. The quantitative estimate of drug-likeness (QED) is 0.492. The molecule has 160 valence electrons. The van der Waals surface area contributed by atoms with Gasteiger partial charge in [0.2, 0.25) is 0 Å². The van der Waals surface area contributed by atoms with E-state index in [2.05, 4.69) is 54.0 Å². The molecule has 1 atom stereocenters. The molecule has 4 amide bonds. The second kappa shape index (κ2) is 7.64. The molecule has 0 unspecified atom stereocenters. The van der Waals surface area contributed by atoms with Crippen LogP contribution in [0.25, 0.3) is 6.08 Å². The fourth-order valence-electron chi connectivity index (χ4n) is 4.36. The van der Waals surface area contributed by atoms with Gasteiger partial charge in [0, 0.05) is 22.7 Å². The van der Waals surface area contributed by atoms with Crippen molar-refractivity contribution in [3.8, 4) is 0 Å². The fourth-order valence-corrected chi connectivity index (χ4v) is 4.75. The number of hydrogen-bond acceptors (Lipinski definition) is 4. The summed E-state index contributed by atoms with van der Waals surface area (Å²) < 4.78 is 0.726. The summed E-state index contributed by atoms with van der Waals surface area (Å²) in [7, 11) is 2.09. The number of halogens is 1. The first-order valence-electron chi connectivity index (χ1n) is 10.1. The maximum absolute atomic E-state index is 13.1. The number of carbonyl (C=O) groups excluding carboxylic acids is 3. The molecule has 0 aliphatic carbocycles. The fraction of sp³-hybridized carbons (Fsp3) is 0.292. The van der Waals surface area contributed by atoms with E-state index < -0.39 is 17.8 Å². The lowest BCUT2D eigenvalue weighted by atomic mass is 9.80. The molecule has 2 heterocycles. The number of nitrogens with zero attached hydrogens (tertiary/aromatic N) is 2. The standard InChI is InChI=1S/C24H24BrN3O3/c1-14-13-24(2,3)27(4)20-9-8-15(10-18(14)20)11-19-21(29)26-23(31)28(22(19)30)17-7-5-6-16(25)12-17/h5-12,14H,13H2,1-4H3,(H,26,29,31)/b19-11+/t14-/m0/s1. The average Bonchev–Trinajstić information content (AvgIpc) is 2.69. The van der Waals surface area contributed by atoms with Crippen LogP contribution in [-0.4, -0.2) is 30.4 Å². The van der Waals surface area contributed by atoms with Gasteiger partial charge in [-0.1, -0.05) is 35.0 Å². The van der Waals surface area contributed by atoms with Gasteiger partial charge in [-0.15, -0.1) is 0 Å². The number of barbiturate groups is 1. The highest BCUT2D eigenvalue weighted by atomic mass is 79.9. The summed E-state index contributed by atoms with van der Waals surface area (Å²) in [6.07, 6.45) is 2.56. The summed E-state index contributed by atoms with van der Waals surface area (Å²) in [5.41, 5.74) is 3.45. The molecule has 0 saturated carbocycles. The van der Waals surface area contributed by atoms with Crippen molar-refractivity contribution in [3.63, 3.8) is 0 Å². The van der Waals surface area contributed by atoms with Gasteiger partial charge in [0.25, 0.3) is 11.8 Å². The van der Waals surface area contributed by atoms with Crippen molar-refractivity contribution < 1.29 is 14.4 Å². The maximum atomic E-state index is 13.1. The minimum absolute atomic E-state index is 0.0520. The number of benzene rings is 2. The van der Waals surface area contributed by atoms with E-state index >= 15 is 0 Å². The molecule has 6 nitrogen and oxygen atoms in total. The zero-order chi connectivity index (χ0) is 22.5. The van der Waals surface area contributed by atoms with Crippen molar-refractivity contribution in [2.45, 2.75) is 38.6 Å². The smallest absolute Gasteiger partial charge is 0.335 e. The third kappa shape index (κ3) is 3.78. The average molecular weight is 482 g/mol. The molecule has 1 N–H and O–H groups in total. The molecule has 0 spiro atoms. The van der Waals surface area contributed by atoms with E-state index in [4.69, 9.17) is 0 Å². The van der Waals surface area contributed by atoms with Crippen LogP contribution in [0, 0.1) is 0 Å². The second-order valence-electron chi connectivity index (χ2n) is 8.73. The van der Waals surface area contributed by atoms with E-state index in [0.717, 1.165) is 27.0 Å². The summed E-state index contributed by atoms with van der Waals surface area (Å²) in [5.74, 6) is -0.990. The first-order valence-corrected chi connectivity index (χ1v) is 10.9. The van der Waals surface area contributed by atoms with E-state index in [1.54, 1.807) is 30.3 Å². The van der Waals surface area contributed by atoms with Gasteiger partial charge in [-0.3, -0.25) is 14.9 Å². The summed E-state index contributed by atoms with van der Waals surface area (Å²) in [5, 5.41) is 2.27. The number of nitrogens with one attached hydrogen (secondary N) is 1. The predicted molar refractivity (Wildman–Crippen MR) is 125 cm³/mol. The number of amides is 4. The maximum Gasteiger partial charge on any atom is 0.335 e. The number of urea groups is 1. The predicted octanol–water partition coefficient (Wildman–Crippen LogP) is 4.84. The number of carbonyl (C=O) groups is 3. The van der Waals surface area contributed by atoms with Crippen LogP contribution in [0.1, 0.15) is 44.2 Å². The zero-order valence-corrected chi connectivity index (χ0v) is 19.5. The van der Waals surface area contributed by atoms with Crippen molar-refractivity contribution in [1.29, 1.82) is 0 Å². The summed E-state index contributed by atoms with van der Waals surface area (Å²) in [4.78, 5) is 41.2. The van der Waals surface area contributed by atoms with Gasteiger partial charge < -0.3 is 4.90 Å². The van der Waals surface area contributed by atoms with Crippen molar-refractivity contribution in [2.24, 2.45) is 0 Å². The van der Waals surface area contributed by atoms with Gasteiger partial charge in [0.15, 0.2) is 0 Å². The van der Waals surface area contributed by atoms with E-state index in [-0.39, 0.29) is 11.1 Å². The first kappa shape index (κ1) is 21.3. The summed E-state index contributed by atoms with van der Waals surface area (Å²) in [6.45, 7) is 6.64. The lowest BCUT2D eigenvalue weighted by molar-refractivity contribution is -0.122. The van der Waals surface area contributed by atoms with Crippen LogP contribution in [0.4, 0.5) is 16.2 Å². The number of imide groups is 2. The number of anilines is 2. The van der Waals surface area contributed by atoms with Crippen LogP contribution in [0.5, 0.6) is 0 Å². The molecule has 2 aromatic carbocycles. The molecule has 2 aliphatic heterocycles. The van der Waals surface area contributed by atoms with Crippen molar-refractivity contribution in [1.82, 2.24) is 5.32 Å². The number of hydrogen-bond donors (Lipinski definition) is 1. The SMILES string of the molecule is C[C@H]1CC(C)(C)N(C)c2ccc(/C=C3\C(=O)NC(=O)N(c4cccc(Br)c4)C3=O)cc21. The molecule has 31 heavy (non-hydrogen) atoms. The Kier molecular flexibility index (Phi) is 5.25. The van der Waals surface area contributed by atoms with Crippen molar-refractivity contribution in [3.05, 3.63) is 63.6 Å². The van der Waals surface area contributed by atoms with Gasteiger partial charge in [-0.05, 0) is 73.7 Å². The highest BCUT2D eigenvalue weighted by Crippen LogP contribution is 2.42. The van der Waals surface area contributed by atoms with Crippen LogP contribution < -0.4 is 15.1 Å². The highest BCUT2D eigenvalue weighted by molar-refractivity contribution is 9.10. The Morgan fingerprint density at radius 2 is 1.87 bits per heavy atom. The van der Waals surface area contributed by atoms with Crippen LogP contribution >= 0.6 is 15.9 Å². The van der Waals surface area contributed by atoms with Crippen LogP contribution in [0.3, 0.4) is 0 Å². The Bertz CT molecular complexity index is 1140. The molecule has 1 fully saturated rings. The molecular weight excluding hydrogens is 458 g/mol. The number of rotatable bonds is 2.